The van der Waals surface area contributed by atoms with Crippen LogP contribution in [0.5, 0.6) is 0 Å². The summed E-state index contributed by atoms with van der Waals surface area (Å²) in [4.78, 5) is 19.7. The van der Waals surface area contributed by atoms with Crippen LogP contribution in [0.2, 0.25) is 0 Å². The van der Waals surface area contributed by atoms with Gasteiger partial charge in [-0.2, -0.15) is 5.10 Å². The molecule has 1 amide bonds. The van der Waals surface area contributed by atoms with Crippen molar-refractivity contribution in [1.82, 2.24) is 24.5 Å². The third-order valence-electron chi connectivity index (χ3n) is 6.33. The minimum atomic E-state index is -0.490. The van der Waals surface area contributed by atoms with Crippen LogP contribution in [0.1, 0.15) is 29.4 Å². The molecule has 1 aliphatic heterocycles. The van der Waals surface area contributed by atoms with Crippen molar-refractivity contribution in [2.45, 2.75) is 32.4 Å². The quantitative estimate of drug-likeness (QED) is 0.515. The van der Waals surface area contributed by atoms with Gasteiger partial charge in [0.25, 0.3) is 5.91 Å². The Morgan fingerprint density at radius 3 is 2.81 bits per heavy atom. The van der Waals surface area contributed by atoms with Crippen LogP contribution in [0.3, 0.4) is 0 Å². The number of amides is 1. The predicted molar refractivity (Wildman–Crippen MR) is 123 cm³/mol. The summed E-state index contributed by atoms with van der Waals surface area (Å²) in [7, 11) is 3.84. The van der Waals surface area contributed by atoms with Crippen molar-refractivity contribution in [2.24, 2.45) is 7.05 Å². The van der Waals surface area contributed by atoms with Crippen molar-refractivity contribution in [1.29, 1.82) is 0 Å². The molecular formula is C23H26FN7O. The van der Waals surface area contributed by atoms with E-state index in [1.807, 2.05) is 26.4 Å². The number of halogens is 1. The molecular weight excluding hydrogens is 409 g/mol. The number of hydrogen-bond acceptors (Lipinski definition) is 5. The molecule has 0 aliphatic carbocycles. The molecule has 166 valence electrons. The fourth-order valence-electron chi connectivity index (χ4n) is 4.75. The number of nitrogens with zero attached hydrogens (tertiary/aromatic N) is 5. The van der Waals surface area contributed by atoms with Gasteiger partial charge in [0.2, 0.25) is 0 Å². The molecule has 0 saturated carbocycles. The van der Waals surface area contributed by atoms with Crippen molar-refractivity contribution in [2.75, 3.05) is 23.8 Å². The minimum Gasteiger partial charge on any atom is -0.367 e. The van der Waals surface area contributed by atoms with E-state index in [9.17, 15) is 9.18 Å². The predicted octanol–water partition coefficient (Wildman–Crippen LogP) is 3.11. The second kappa shape index (κ2) is 7.59. The smallest absolute Gasteiger partial charge is 0.257 e. The van der Waals surface area contributed by atoms with Crippen molar-refractivity contribution < 1.29 is 9.18 Å². The average Bonchev–Trinajstić information content (AvgIpc) is 3.42. The minimum absolute atomic E-state index is 0.233. The van der Waals surface area contributed by atoms with E-state index in [4.69, 9.17) is 0 Å². The van der Waals surface area contributed by atoms with Crippen molar-refractivity contribution in [3.8, 4) is 0 Å². The zero-order chi connectivity index (χ0) is 22.6. The maximum absolute atomic E-state index is 14.4. The number of pyridine rings is 1. The molecule has 1 aliphatic rings. The largest absolute Gasteiger partial charge is 0.367 e. The second-order valence-corrected chi connectivity index (χ2v) is 8.46. The van der Waals surface area contributed by atoms with Crippen molar-refractivity contribution >= 4 is 33.8 Å². The molecule has 1 saturated heterocycles. The molecule has 0 bridgehead atoms. The highest BCUT2D eigenvalue weighted by atomic mass is 19.1. The van der Waals surface area contributed by atoms with Gasteiger partial charge in [-0.15, -0.1) is 0 Å². The maximum atomic E-state index is 14.4. The van der Waals surface area contributed by atoms with Gasteiger partial charge in [-0.3, -0.25) is 9.48 Å². The number of anilines is 2. The van der Waals surface area contributed by atoms with Gasteiger partial charge in [-0.1, -0.05) is 0 Å². The number of imidazole rings is 1. The summed E-state index contributed by atoms with van der Waals surface area (Å²) in [5.41, 5.74) is 3.43. The van der Waals surface area contributed by atoms with E-state index >= 15 is 0 Å². The molecule has 1 aromatic carbocycles. The van der Waals surface area contributed by atoms with Crippen LogP contribution in [-0.2, 0) is 7.05 Å². The van der Waals surface area contributed by atoms with Gasteiger partial charge in [-0.05, 0) is 39.4 Å². The highest BCUT2D eigenvalue weighted by Crippen LogP contribution is 2.34. The van der Waals surface area contributed by atoms with E-state index in [-0.39, 0.29) is 11.6 Å². The number of carbonyl (C=O) groups excluding carboxylic acids is 1. The van der Waals surface area contributed by atoms with E-state index in [1.54, 1.807) is 34.5 Å². The number of aromatic nitrogens is 4. The first kappa shape index (κ1) is 20.4. The lowest BCUT2D eigenvalue weighted by Gasteiger charge is -2.27. The fraction of sp³-hybridized carbons (Fsp3) is 0.348. The molecule has 2 N–H and O–H groups in total. The molecule has 8 nitrogen and oxygen atoms in total. The Morgan fingerprint density at radius 2 is 2.06 bits per heavy atom. The number of fused-ring (bicyclic) bond motifs is 2. The molecule has 1 fully saturated rings. The van der Waals surface area contributed by atoms with Gasteiger partial charge in [-0.25, -0.2) is 9.37 Å². The normalized spacial score (nSPS) is 18.7. The van der Waals surface area contributed by atoms with E-state index in [2.05, 4.69) is 32.5 Å². The number of hydrogen-bond donors (Lipinski definition) is 2. The van der Waals surface area contributed by atoms with E-state index in [0.29, 0.717) is 34.5 Å². The summed E-state index contributed by atoms with van der Waals surface area (Å²) in [6.45, 7) is 4.94. The highest BCUT2D eigenvalue weighted by molar-refractivity contribution is 6.14. The topological polar surface area (TPSA) is 79.5 Å². The van der Waals surface area contributed by atoms with E-state index < -0.39 is 5.82 Å². The molecule has 9 heteroatoms. The van der Waals surface area contributed by atoms with Gasteiger partial charge in [0.15, 0.2) is 11.5 Å². The standard InChI is InChI=1S/C23H26FN7O/c1-13-10-30-11-15(9-18(24)22(30)26-13)27-23(32)16-5-6-20(17-12-29(4)28-21(16)17)31-8-7-19(25-3)14(31)2/h5-6,9-12,14,19,25H,7-8H2,1-4H3,(H,27,32)/t14-,19+/m1/s1. The number of carbonyl (C=O) groups is 1. The Morgan fingerprint density at radius 1 is 1.25 bits per heavy atom. The first-order chi connectivity index (χ1) is 15.4. The monoisotopic (exact) mass is 435 g/mol. The number of nitrogens with one attached hydrogen (secondary N) is 2. The molecule has 4 heterocycles. The Kier molecular flexibility index (Phi) is 4.85. The summed E-state index contributed by atoms with van der Waals surface area (Å²) in [5, 5.41) is 11.7. The lowest BCUT2D eigenvalue weighted by Crippen LogP contribution is -2.38. The summed E-state index contributed by atoms with van der Waals surface area (Å²) in [6, 6.07) is 5.82. The van der Waals surface area contributed by atoms with Gasteiger partial charge in [0.1, 0.15) is 5.52 Å². The van der Waals surface area contributed by atoms with Crippen LogP contribution < -0.4 is 15.5 Å². The van der Waals surface area contributed by atoms with Crippen LogP contribution in [-0.4, -0.2) is 50.7 Å². The summed E-state index contributed by atoms with van der Waals surface area (Å²) in [5.74, 6) is -0.824. The lowest BCUT2D eigenvalue weighted by atomic mass is 10.1. The molecule has 0 radical (unpaired) electrons. The first-order valence-corrected chi connectivity index (χ1v) is 10.7. The molecule has 0 spiro atoms. The zero-order valence-corrected chi connectivity index (χ0v) is 18.6. The van der Waals surface area contributed by atoms with Crippen LogP contribution in [0.15, 0.2) is 36.8 Å². The van der Waals surface area contributed by atoms with Crippen LogP contribution >= 0.6 is 0 Å². The van der Waals surface area contributed by atoms with Gasteiger partial charge in [0, 0.05) is 61.4 Å². The van der Waals surface area contributed by atoms with E-state index in [0.717, 1.165) is 24.0 Å². The molecule has 3 aromatic heterocycles. The molecule has 2 atom stereocenters. The van der Waals surface area contributed by atoms with Gasteiger partial charge < -0.3 is 19.9 Å². The van der Waals surface area contributed by atoms with Crippen LogP contribution in [0.4, 0.5) is 15.8 Å². The Balaban J connectivity index is 1.50. The molecule has 0 unspecified atom stereocenters. The van der Waals surface area contributed by atoms with Crippen LogP contribution in [0, 0.1) is 12.7 Å². The Hall–Kier alpha value is -3.46. The summed E-state index contributed by atoms with van der Waals surface area (Å²) >= 11 is 0. The Labute approximate surface area is 185 Å². The number of benzene rings is 1. The SMILES string of the molecule is CN[C@H]1CCN(c2ccc(C(=O)Nc3cc(F)c4nc(C)cn4c3)c3nn(C)cc23)[C@@H]1C. The summed E-state index contributed by atoms with van der Waals surface area (Å²) < 4.78 is 17.7. The lowest BCUT2D eigenvalue weighted by molar-refractivity contribution is 0.102. The van der Waals surface area contributed by atoms with Gasteiger partial charge in [0.05, 0.1) is 16.9 Å². The zero-order valence-electron chi connectivity index (χ0n) is 18.6. The van der Waals surface area contributed by atoms with Crippen LogP contribution in [0.25, 0.3) is 16.6 Å². The third-order valence-corrected chi connectivity index (χ3v) is 6.33. The summed E-state index contributed by atoms with van der Waals surface area (Å²) in [6.07, 6.45) is 6.38. The first-order valence-electron chi connectivity index (χ1n) is 10.7. The molecule has 32 heavy (non-hydrogen) atoms. The third kappa shape index (κ3) is 3.29. The number of aryl methyl sites for hydroxylation is 2. The van der Waals surface area contributed by atoms with Gasteiger partial charge >= 0.3 is 0 Å². The average molecular weight is 436 g/mol. The maximum Gasteiger partial charge on any atom is 0.257 e. The molecule has 4 aromatic rings. The Bertz CT molecular complexity index is 1340. The fourth-order valence-corrected chi connectivity index (χ4v) is 4.75. The van der Waals surface area contributed by atoms with E-state index in [1.165, 1.54) is 6.07 Å². The van der Waals surface area contributed by atoms with Crippen molar-refractivity contribution in [3.63, 3.8) is 0 Å². The number of likely N-dealkylation sites (N-methyl/N-ethyl adjacent to an activating group) is 1. The second-order valence-electron chi connectivity index (χ2n) is 8.46. The van der Waals surface area contributed by atoms with Crippen molar-refractivity contribution in [3.05, 3.63) is 53.9 Å². The molecule has 5 rings (SSSR count). The number of rotatable bonds is 4. The highest BCUT2D eigenvalue weighted by Gasteiger charge is 2.31.